The minimum atomic E-state index is -4.74. The molecule has 1 heterocycles. The van der Waals surface area contributed by atoms with E-state index in [1.807, 2.05) is 0 Å². The van der Waals surface area contributed by atoms with Crippen LogP contribution in [0.15, 0.2) is 23.2 Å². The second-order valence-electron chi connectivity index (χ2n) is 2.35. The fraction of sp³-hybridized carbons (Fsp3) is 0.167. The Balaban J connectivity index is 0.00000196. The first-order chi connectivity index (χ1) is 6.21. The van der Waals surface area contributed by atoms with Crippen molar-refractivity contribution in [3.8, 4) is 0 Å². The number of halogens is 4. The highest BCUT2D eigenvalue weighted by molar-refractivity contribution is 7.85. The molecule has 86 valence electrons. The van der Waals surface area contributed by atoms with Crippen molar-refractivity contribution in [2.24, 2.45) is 0 Å². The summed E-state index contributed by atoms with van der Waals surface area (Å²) >= 11 is 0. The highest BCUT2D eigenvalue weighted by Gasteiger charge is 2.33. The van der Waals surface area contributed by atoms with Gasteiger partial charge in [-0.25, -0.2) is 0 Å². The van der Waals surface area contributed by atoms with E-state index < -0.39 is 26.9 Å². The average Bonchev–Trinajstić information content (AvgIpc) is 2.01. The molecule has 4 nitrogen and oxygen atoms in total. The molecule has 0 unspecified atom stereocenters. The third-order valence-electron chi connectivity index (χ3n) is 1.32. The summed E-state index contributed by atoms with van der Waals surface area (Å²) in [5.41, 5.74) is -1.37. The molecule has 0 aliphatic heterocycles. The molecule has 15 heavy (non-hydrogen) atoms. The zero-order valence-corrected chi connectivity index (χ0v) is 8.53. The van der Waals surface area contributed by atoms with E-state index in [4.69, 9.17) is 4.55 Å². The van der Waals surface area contributed by atoms with E-state index in [0.29, 0.717) is 6.20 Å². The van der Waals surface area contributed by atoms with Gasteiger partial charge in [-0.15, -0.1) is 12.4 Å². The Morgan fingerprint density at radius 2 is 1.87 bits per heavy atom. The lowest BCUT2D eigenvalue weighted by Gasteiger charge is -2.05. The van der Waals surface area contributed by atoms with Crippen LogP contribution in [-0.2, 0) is 16.3 Å². The molecule has 0 radical (unpaired) electrons. The zero-order valence-electron chi connectivity index (χ0n) is 6.89. The summed E-state index contributed by atoms with van der Waals surface area (Å²) in [6.45, 7) is 0. The Hall–Kier alpha value is -0.860. The Bertz CT molecular complexity index is 445. The van der Waals surface area contributed by atoms with Crippen LogP contribution in [0.25, 0.3) is 0 Å². The first-order valence-electron chi connectivity index (χ1n) is 3.22. The van der Waals surface area contributed by atoms with Gasteiger partial charge in [0.15, 0.2) is 0 Å². The van der Waals surface area contributed by atoms with Gasteiger partial charge in [-0.3, -0.25) is 9.54 Å². The molecule has 0 aromatic carbocycles. The normalized spacial score (nSPS) is 12.0. The predicted molar refractivity (Wildman–Crippen MR) is 46.3 cm³/mol. The Kier molecular flexibility index (Phi) is 4.08. The van der Waals surface area contributed by atoms with Gasteiger partial charge in [0.1, 0.15) is 5.69 Å². The van der Waals surface area contributed by atoms with Gasteiger partial charge in [-0.1, -0.05) is 0 Å². The quantitative estimate of drug-likeness (QED) is 0.784. The summed E-state index contributed by atoms with van der Waals surface area (Å²) in [6.07, 6.45) is -4.08. The van der Waals surface area contributed by atoms with Gasteiger partial charge in [0.2, 0.25) is 0 Å². The topological polar surface area (TPSA) is 67.3 Å². The summed E-state index contributed by atoms with van der Waals surface area (Å²) in [5.74, 6) is 0. The summed E-state index contributed by atoms with van der Waals surface area (Å²) in [6, 6.07) is 1.03. The second kappa shape index (κ2) is 4.33. The van der Waals surface area contributed by atoms with E-state index in [-0.39, 0.29) is 18.5 Å². The van der Waals surface area contributed by atoms with Crippen LogP contribution >= 0.6 is 12.4 Å². The largest absolute Gasteiger partial charge is 0.433 e. The summed E-state index contributed by atoms with van der Waals surface area (Å²) in [7, 11) is -4.63. The summed E-state index contributed by atoms with van der Waals surface area (Å²) in [5, 5.41) is 0. The van der Waals surface area contributed by atoms with Crippen LogP contribution in [0.4, 0.5) is 13.2 Å². The molecule has 1 rings (SSSR count). The SMILES string of the molecule is Cl.O=S(=O)(O)c1ccnc(C(F)(F)F)c1. The fourth-order valence-corrected chi connectivity index (χ4v) is 1.22. The Labute approximate surface area is 89.3 Å². The smallest absolute Gasteiger partial charge is 0.282 e. The van der Waals surface area contributed by atoms with Gasteiger partial charge >= 0.3 is 6.18 Å². The molecule has 1 aromatic heterocycles. The minimum Gasteiger partial charge on any atom is -0.282 e. The minimum absolute atomic E-state index is 0. The molecule has 0 saturated heterocycles. The van der Waals surface area contributed by atoms with Crippen LogP contribution in [0.1, 0.15) is 5.69 Å². The molecular weight excluding hydrogens is 259 g/mol. The van der Waals surface area contributed by atoms with E-state index in [1.165, 1.54) is 0 Å². The molecule has 1 N–H and O–H groups in total. The molecule has 0 aliphatic carbocycles. The van der Waals surface area contributed by atoms with Gasteiger partial charge in [0, 0.05) is 6.20 Å². The molecule has 0 spiro atoms. The van der Waals surface area contributed by atoms with E-state index in [1.54, 1.807) is 0 Å². The number of rotatable bonds is 1. The summed E-state index contributed by atoms with van der Waals surface area (Å²) in [4.78, 5) is 2.09. The van der Waals surface area contributed by atoms with Crippen LogP contribution in [0.5, 0.6) is 0 Å². The van der Waals surface area contributed by atoms with Gasteiger partial charge in [-0.2, -0.15) is 21.6 Å². The second-order valence-corrected chi connectivity index (χ2v) is 3.77. The Morgan fingerprint density at radius 1 is 1.33 bits per heavy atom. The summed E-state index contributed by atoms with van der Waals surface area (Å²) < 4.78 is 65.5. The van der Waals surface area contributed by atoms with Crippen molar-refractivity contribution in [2.45, 2.75) is 11.1 Å². The lowest BCUT2D eigenvalue weighted by atomic mass is 10.3. The molecule has 0 fully saturated rings. The third kappa shape index (κ3) is 3.65. The number of hydrogen-bond donors (Lipinski definition) is 1. The lowest BCUT2D eigenvalue weighted by Crippen LogP contribution is -2.09. The molecule has 9 heteroatoms. The lowest BCUT2D eigenvalue weighted by molar-refractivity contribution is -0.141. The maximum Gasteiger partial charge on any atom is 0.433 e. The van der Waals surface area contributed by atoms with E-state index in [9.17, 15) is 21.6 Å². The predicted octanol–water partition coefficient (Wildman–Crippen LogP) is 1.77. The van der Waals surface area contributed by atoms with Crippen LogP contribution in [0.3, 0.4) is 0 Å². The molecule has 0 amide bonds. The Morgan fingerprint density at radius 3 is 2.27 bits per heavy atom. The van der Waals surface area contributed by atoms with Crippen molar-refractivity contribution in [1.29, 1.82) is 0 Å². The maximum absolute atomic E-state index is 12.0. The van der Waals surface area contributed by atoms with Crippen LogP contribution in [-0.4, -0.2) is 18.0 Å². The first kappa shape index (κ1) is 14.1. The van der Waals surface area contributed by atoms with Crippen LogP contribution in [0.2, 0.25) is 0 Å². The molecule has 0 aliphatic rings. The average molecular weight is 264 g/mol. The van der Waals surface area contributed by atoms with Crippen LogP contribution < -0.4 is 0 Å². The fourth-order valence-electron chi connectivity index (χ4n) is 0.727. The van der Waals surface area contributed by atoms with E-state index >= 15 is 0 Å². The van der Waals surface area contributed by atoms with E-state index in [2.05, 4.69) is 4.98 Å². The molecular formula is C6H5ClF3NO3S. The maximum atomic E-state index is 12.0. The standard InChI is InChI=1S/C6H4F3NO3S.ClH/c7-6(8,9)5-3-4(1-2-10-5)14(11,12)13;/h1-3H,(H,11,12,13);1H. The number of alkyl halides is 3. The van der Waals surface area contributed by atoms with Crippen molar-refractivity contribution in [3.05, 3.63) is 24.0 Å². The van der Waals surface area contributed by atoms with Crippen LogP contribution in [0, 0.1) is 0 Å². The van der Waals surface area contributed by atoms with Crippen molar-refractivity contribution in [3.63, 3.8) is 0 Å². The highest BCUT2D eigenvalue weighted by atomic mass is 35.5. The third-order valence-corrected chi connectivity index (χ3v) is 2.17. The van der Waals surface area contributed by atoms with Crippen molar-refractivity contribution in [1.82, 2.24) is 4.98 Å². The number of hydrogen-bond acceptors (Lipinski definition) is 3. The first-order valence-corrected chi connectivity index (χ1v) is 4.66. The van der Waals surface area contributed by atoms with Gasteiger partial charge in [0.05, 0.1) is 4.90 Å². The number of aromatic nitrogens is 1. The van der Waals surface area contributed by atoms with E-state index in [0.717, 1.165) is 6.07 Å². The highest BCUT2D eigenvalue weighted by Crippen LogP contribution is 2.28. The van der Waals surface area contributed by atoms with Crippen molar-refractivity contribution < 1.29 is 26.1 Å². The molecule has 1 aromatic rings. The molecule has 0 atom stereocenters. The zero-order chi connectivity index (χ0) is 11.0. The van der Waals surface area contributed by atoms with Gasteiger partial charge in [-0.05, 0) is 12.1 Å². The van der Waals surface area contributed by atoms with Gasteiger partial charge in [0.25, 0.3) is 10.1 Å². The monoisotopic (exact) mass is 263 g/mol. The van der Waals surface area contributed by atoms with Crippen molar-refractivity contribution in [2.75, 3.05) is 0 Å². The van der Waals surface area contributed by atoms with Gasteiger partial charge < -0.3 is 0 Å². The molecule has 0 bridgehead atoms. The number of pyridine rings is 1. The number of nitrogens with zero attached hydrogens (tertiary/aromatic N) is 1. The van der Waals surface area contributed by atoms with Crippen molar-refractivity contribution >= 4 is 22.5 Å². The molecule has 0 saturated carbocycles.